The predicted molar refractivity (Wildman–Crippen MR) is 62.8 cm³/mol. The van der Waals surface area contributed by atoms with Crippen LogP contribution in [0.2, 0.25) is 0 Å². The molecule has 2 aliphatic heterocycles. The molecule has 1 N–H and O–H groups in total. The highest BCUT2D eigenvalue weighted by Gasteiger charge is 2.38. The molecule has 20 heavy (non-hydrogen) atoms. The van der Waals surface area contributed by atoms with Gasteiger partial charge in [0.05, 0.1) is 5.56 Å². The highest BCUT2D eigenvalue weighted by molar-refractivity contribution is 5.99. The van der Waals surface area contributed by atoms with Crippen molar-refractivity contribution in [2.24, 2.45) is 0 Å². The molecule has 2 heterocycles. The number of alkyl halides is 4. The summed E-state index contributed by atoms with van der Waals surface area (Å²) in [5.74, 6) is -0.487. The molecule has 3 nitrogen and oxygen atoms in total. The second-order valence-electron chi connectivity index (χ2n) is 5.14. The second-order valence-corrected chi connectivity index (χ2v) is 5.14. The zero-order valence-corrected chi connectivity index (χ0v) is 10.4. The van der Waals surface area contributed by atoms with E-state index in [9.17, 15) is 22.4 Å². The Balaban J connectivity index is 1.96. The Kier molecular flexibility index (Phi) is 2.97. The summed E-state index contributed by atoms with van der Waals surface area (Å²) in [6.45, 7) is 0.582. The van der Waals surface area contributed by atoms with Crippen LogP contribution in [0.25, 0.3) is 0 Å². The molecule has 0 aromatic heterocycles. The average molecular weight is 288 g/mol. The van der Waals surface area contributed by atoms with Gasteiger partial charge >= 0.3 is 6.18 Å². The van der Waals surface area contributed by atoms with Crippen molar-refractivity contribution in [3.05, 3.63) is 34.4 Å². The van der Waals surface area contributed by atoms with Crippen LogP contribution in [0.1, 0.15) is 27.0 Å². The zero-order valence-electron chi connectivity index (χ0n) is 10.4. The van der Waals surface area contributed by atoms with Gasteiger partial charge in [0.1, 0.15) is 6.17 Å². The van der Waals surface area contributed by atoms with E-state index in [1.165, 1.54) is 6.07 Å². The highest BCUT2D eigenvalue weighted by atomic mass is 19.4. The van der Waals surface area contributed by atoms with Gasteiger partial charge in [0.2, 0.25) is 0 Å². The largest absolute Gasteiger partial charge is 0.416 e. The number of likely N-dealkylation sites (tertiary alicyclic amines) is 1. The van der Waals surface area contributed by atoms with Crippen molar-refractivity contribution in [1.82, 2.24) is 10.2 Å². The number of fused-ring (bicyclic) bond motifs is 1. The van der Waals surface area contributed by atoms with Gasteiger partial charge in [0.15, 0.2) is 0 Å². The molecule has 0 bridgehead atoms. The third-order valence-corrected chi connectivity index (χ3v) is 3.60. The maximum atomic E-state index is 13.0. The monoisotopic (exact) mass is 288 g/mol. The normalized spacial score (nSPS) is 19.7. The highest BCUT2D eigenvalue weighted by Crippen LogP contribution is 2.36. The lowest BCUT2D eigenvalue weighted by Crippen LogP contribution is -2.47. The van der Waals surface area contributed by atoms with E-state index in [4.69, 9.17) is 0 Å². The third kappa shape index (κ3) is 2.26. The van der Waals surface area contributed by atoms with Crippen LogP contribution in [-0.2, 0) is 19.3 Å². The number of amides is 1. The molecule has 1 amide bonds. The van der Waals surface area contributed by atoms with E-state index in [2.05, 4.69) is 5.32 Å². The van der Waals surface area contributed by atoms with E-state index in [1.54, 1.807) is 4.90 Å². The molecular weight excluding hydrogens is 276 g/mol. The fraction of sp³-hybridized carbons (Fsp3) is 0.462. The number of halogens is 4. The van der Waals surface area contributed by atoms with Crippen LogP contribution in [0, 0.1) is 0 Å². The van der Waals surface area contributed by atoms with Crippen molar-refractivity contribution >= 4 is 5.91 Å². The first-order chi connectivity index (χ1) is 9.34. The van der Waals surface area contributed by atoms with Crippen molar-refractivity contribution in [2.45, 2.75) is 25.4 Å². The van der Waals surface area contributed by atoms with Gasteiger partial charge in [0.25, 0.3) is 5.91 Å². The fourth-order valence-corrected chi connectivity index (χ4v) is 2.63. The Hall–Kier alpha value is -1.63. The first-order valence-electron chi connectivity index (χ1n) is 6.22. The van der Waals surface area contributed by atoms with E-state index in [1.807, 2.05) is 0 Å². The van der Waals surface area contributed by atoms with Crippen LogP contribution in [0.15, 0.2) is 12.1 Å². The number of nitrogens with one attached hydrogen (secondary N) is 1. The number of carbonyl (C=O) groups excluding carboxylic acids is 1. The van der Waals surface area contributed by atoms with Gasteiger partial charge in [0, 0.05) is 31.7 Å². The van der Waals surface area contributed by atoms with Gasteiger partial charge in [-0.1, -0.05) is 0 Å². The maximum Gasteiger partial charge on any atom is 0.416 e. The average Bonchev–Trinajstić information content (AvgIpc) is 2.67. The summed E-state index contributed by atoms with van der Waals surface area (Å²) in [7, 11) is 0. The van der Waals surface area contributed by atoms with Crippen molar-refractivity contribution in [1.29, 1.82) is 0 Å². The van der Waals surface area contributed by atoms with Crippen LogP contribution in [0.4, 0.5) is 17.6 Å². The molecule has 0 unspecified atom stereocenters. The molecule has 0 atom stereocenters. The maximum absolute atomic E-state index is 13.0. The van der Waals surface area contributed by atoms with Crippen LogP contribution in [-0.4, -0.2) is 30.1 Å². The minimum atomic E-state index is -4.50. The summed E-state index contributed by atoms with van der Waals surface area (Å²) in [5, 5.41) is 2.40. The summed E-state index contributed by atoms with van der Waals surface area (Å²) in [5.41, 5.74) is -0.314. The van der Waals surface area contributed by atoms with Crippen LogP contribution in [0.5, 0.6) is 0 Å². The minimum Gasteiger partial charge on any atom is -0.348 e. The molecule has 2 aliphatic rings. The first-order valence-corrected chi connectivity index (χ1v) is 6.22. The minimum absolute atomic E-state index is 0.00164. The summed E-state index contributed by atoms with van der Waals surface area (Å²) < 4.78 is 51.8. The number of hydrogen-bond acceptors (Lipinski definition) is 2. The van der Waals surface area contributed by atoms with Crippen LogP contribution >= 0.6 is 0 Å². The van der Waals surface area contributed by atoms with E-state index in [-0.39, 0.29) is 37.3 Å². The Labute approximate surface area is 112 Å². The van der Waals surface area contributed by atoms with Crippen LogP contribution < -0.4 is 5.32 Å². The van der Waals surface area contributed by atoms with Gasteiger partial charge < -0.3 is 5.32 Å². The van der Waals surface area contributed by atoms with Crippen molar-refractivity contribution < 1.29 is 22.4 Å². The van der Waals surface area contributed by atoms with E-state index in [0.29, 0.717) is 5.56 Å². The topological polar surface area (TPSA) is 32.3 Å². The molecule has 1 fully saturated rings. The van der Waals surface area contributed by atoms with Gasteiger partial charge in [-0.15, -0.1) is 0 Å². The van der Waals surface area contributed by atoms with Gasteiger partial charge in [-0.05, 0) is 23.3 Å². The third-order valence-electron chi connectivity index (χ3n) is 3.60. The smallest absolute Gasteiger partial charge is 0.348 e. The number of hydrogen-bond donors (Lipinski definition) is 1. The summed E-state index contributed by atoms with van der Waals surface area (Å²) >= 11 is 0. The first kappa shape index (κ1) is 13.4. The molecule has 1 aromatic carbocycles. The van der Waals surface area contributed by atoms with Crippen molar-refractivity contribution in [3.63, 3.8) is 0 Å². The van der Waals surface area contributed by atoms with Crippen molar-refractivity contribution in [2.75, 3.05) is 13.1 Å². The quantitative estimate of drug-likeness (QED) is 0.845. The molecule has 0 spiro atoms. The Morgan fingerprint density at radius 2 is 2.00 bits per heavy atom. The summed E-state index contributed by atoms with van der Waals surface area (Å²) in [6.07, 6.45) is -5.40. The number of benzene rings is 1. The molecule has 1 aromatic rings. The lowest BCUT2D eigenvalue weighted by atomic mass is 9.98. The summed E-state index contributed by atoms with van der Waals surface area (Å²) in [4.78, 5) is 13.3. The second kappa shape index (κ2) is 4.44. The lowest BCUT2D eigenvalue weighted by Gasteiger charge is -2.34. The van der Waals surface area contributed by atoms with E-state index in [0.717, 1.165) is 6.07 Å². The van der Waals surface area contributed by atoms with E-state index >= 15 is 0 Å². The summed E-state index contributed by atoms with van der Waals surface area (Å²) in [6, 6.07) is 2.53. The van der Waals surface area contributed by atoms with Gasteiger partial charge in [-0.25, -0.2) is 4.39 Å². The van der Waals surface area contributed by atoms with Crippen molar-refractivity contribution in [3.8, 4) is 0 Å². The molecular formula is C13H12F4N2O. The molecule has 1 saturated heterocycles. The van der Waals surface area contributed by atoms with Crippen LogP contribution in [0.3, 0.4) is 0 Å². The lowest BCUT2D eigenvalue weighted by molar-refractivity contribution is -0.138. The molecule has 108 valence electrons. The zero-order chi connectivity index (χ0) is 14.5. The van der Waals surface area contributed by atoms with E-state index < -0.39 is 23.8 Å². The number of nitrogens with zero attached hydrogens (tertiary/aromatic N) is 1. The molecule has 0 radical (unpaired) electrons. The molecule has 0 aliphatic carbocycles. The SMILES string of the molecule is O=C1NCc2c1cc(CN1CC(F)C1)cc2C(F)(F)F. The molecule has 0 saturated carbocycles. The molecule has 3 rings (SSSR count). The van der Waals surface area contributed by atoms with Gasteiger partial charge in [-0.3, -0.25) is 9.69 Å². The Morgan fingerprint density at radius 1 is 1.30 bits per heavy atom. The number of rotatable bonds is 2. The van der Waals surface area contributed by atoms with Gasteiger partial charge in [-0.2, -0.15) is 13.2 Å². The Bertz CT molecular complexity index is 564. The molecule has 7 heteroatoms. The Morgan fingerprint density at radius 3 is 2.60 bits per heavy atom. The fourth-order valence-electron chi connectivity index (χ4n) is 2.63. The number of carbonyl (C=O) groups is 1. The predicted octanol–water partition coefficient (Wildman–Crippen LogP) is 2.10. The standard InChI is InChI=1S/C13H12F4N2O/c14-8-5-19(6-8)4-7-1-9-10(3-18-12(9)20)11(2-7)13(15,16)17/h1-2,8H,3-6H2,(H,18,20).